The van der Waals surface area contributed by atoms with Crippen molar-refractivity contribution in [3.63, 3.8) is 0 Å². The van der Waals surface area contributed by atoms with Gasteiger partial charge < -0.3 is 19.5 Å². The standard InChI is InChI=1S/C24H26ClNO5/c1-5-31-24(30)20-14(4)26(12-13(2)3)19-8-6-7-18(22(19)20)21(23(28)29)15-9-16(25)11-17(27)10-15/h6-11,13,21,27H,5,12H2,1-4H3,(H,28,29). The highest BCUT2D eigenvalue weighted by atomic mass is 35.5. The van der Waals surface area contributed by atoms with Crippen molar-refractivity contribution in [2.75, 3.05) is 6.61 Å². The quantitative estimate of drug-likeness (QED) is 0.480. The summed E-state index contributed by atoms with van der Waals surface area (Å²) in [5.74, 6) is -2.54. The minimum atomic E-state index is -1.13. The number of halogens is 1. The van der Waals surface area contributed by atoms with Crippen molar-refractivity contribution in [2.24, 2.45) is 5.92 Å². The number of aromatic nitrogens is 1. The largest absolute Gasteiger partial charge is 0.508 e. The molecule has 0 spiro atoms. The van der Waals surface area contributed by atoms with Crippen LogP contribution in [0.25, 0.3) is 10.9 Å². The fourth-order valence-corrected chi connectivity index (χ4v) is 4.30. The first kappa shape index (κ1) is 22.7. The third-order valence-electron chi connectivity index (χ3n) is 5.21. The van der Waals surface area contributed by atoms with Gasteiger partial charge in [0.25, 0.3) is 0 Å². The molecule has 3 aromatic rings. The number of hydrogen-bond acceptors (Lipinski definition) is 4. The van der Waals surface area contributed by atoms with Gasteiger partial charge in [0.1, 0.15) is 11.7 Å². The van der Waals surface area contributed by atoms with E-state index in [1.807, 2.05) is 17.6 Å². The molecule has 0 bridgehead atoms. The molecule has 3 rings (SSSR count). The molecule has 0 fully saturated rings. The normalized spacial score (nSPS) is 12.3. The second-order valence-electron chi connectivity index (χ2n) is 7.94. The number of hydrogen-bond donors (Lipinski definition) is 2. The highest BCUT2D eigenvalue weighted by molar-refractivity contribution is 6.30. The zero-order valence-corrected chi connectivity index (χ0v) is 18.7. The molecular weight excluding hydrogens is 418 g/mol. The number of fused-ring (bicyclic) bond motifs is 1. The summed E-state index contributed by atoms with van der Waals surface area (Å²) in [5, 5.41) is 20.9. The van der Waals surface area contributed by atoms with Crippen molar-refractivity contribution < 1.29 is 24.5 Å². The summed E-state index contributed by atoms with van der Waals surface area (Å²) in [5.41, 5.74) is 2.64. The Morgan fingerprint density at radius 2 is 1.90 bits per heavy atom. The average Bonchev–Trinajstić information content (AvgIpc) is 2.93. The second kappa shape index (κ2) is 9.02. The molecular formula is C24H26ClNO5. The Kier molecular flexibility index (Phi) is 6.60. The lowest BCUT2D eigenvalue weighted by Gasteiger charge is -2.17. The number of aromatic hydroxyl groups is 1. The number of rotatable bonds is 7. The van der Waals surface area contributed by atoms with Gasteiger partial charge in [-0.2, -0.15) is 0 Å². The van der Waals surface area contributed by atoms with Crippen LogP contribution in [0.15, 0.2) is 36.4 Å². The minimum absolute atomic E-state index is 0.125. The Balaban J connectivity index is 2.38. The van der Waals surface area contributed by atoms with E-state index < -0.39 is 17.9 Å². The number of carbonyl (C=O) groups excluding carboxylic acids is 1. The lowest BCUT2D eigenvalue weighted by atomic mass is 9.87. The Morgan fingerprint density at radius 1 is 1.19 bits per heavy atom. The van der Waals surface area contributed by atoms with Crippen LogP contribution in [0, 0.1) is 12.8 Å². The lowest BCUT2D eigenvalue weighted by Crippen LogP contribution is -2.15. The van der Waals surface area contributed by atoms with Gasteiger partial charge in [-0.25, -0.2) is 4.79 Å². The molecule has 1 heterocycles. The topological polar surface area (TPSA) is 88.8 Å². The molecule has 164 valence electrons. The zero-order chi connectivity index (χ0) is 22.9. The third kappa shape index (κ3) is 4.39. The maximum atomic E-state index is 12.9. The molecule has 2 aromatic carbocycles. The molecule has 1 unspecified atom stereocenters. The first-order chi connectivity index (χ1) is 14.6. The van der Waals surface area contributed by atoms with Gasteiger partial charge in [0.2, 0.25) is 0 Å². The van der Waals surface area contributed by atoms with Gasteiger partial charge in [-0.05, 0) is 55.2 Å². The number of carbonyl (C=O) groups is 2. The monoisotopic (exact) mass is 443 g/mol. The Labute approximate surface area is 186 Å². The summed E-state index contributed by atoms with van der Waals surface area (Å²) in [6, 6.07) is 9.60. The van der Waals surface area contributed by atoms with Gasteiger partial charge in [-0.15, -0.1) is 0 Å². The molecule has 0 saturated carbocycles. The average molecular weight is 444 g/mol. The second-order valence-corrected chi connectivity index (χ2v) is 8.38. The van der Waals surface area contributed by atoms with E-state index in [1.165, 1.54) is 18.2 Å². The van der Waals surface area contributed by atoms with Crippen LogP contribution in [0.4, 0.5) is 0 Å². The Hall–Kier alpha value is -2.99. The molecule has 6 nitrogen and oxygen atoms in total. The molecule has 0 aliphatic carbocycles. The van der Waals surface area contributed by atoms with Crippen molar-refractivity contribution >= 4 is 34.4 Å². The number of phenols is 1. The van der Waals surface area contributed by atoms with E-state index in [1.54, 1.807) is 19.1 Å². The highest BCUT2D eigenvalue weighted by Gasteiger charge is 2.30. The van der Waals surface area contributed by atoms with Gasteiger partial charge in [0.05, 0.1) is 12.2 Å². The van der Waals surface area contributed by atoms with E-state index in [9.17, 15) is 19.8 Å². The third-order valence-corrected chi connectivity index (χ3v) is 5.42. The van der Waals surface area contributed by atoms with E-state index in [4.69, 9.17) is 16.3 Å². The smallest absolute Gasteiger partial charge is 0.340 e. The summed E-state index contributed by atoms with van der Waals surface area (Å²) in [4.78, 5) is 25.3. The number of aliphatic carboxylic acids is 1. The van der Waals surface area contributed by atoms with Crippen LogP contribution in [0.1, 0.15) is 53.9 Å². The summed E-state index contributed by atoms with van der Waals surface area (Å²) >= 11 is 6.08. The Bertz CT molecular complexity index is 1130. The summed E-state index contributed by atoms with van der Waals surface area (Å²) in [6.07, 6.45) is 0. The van der Waals surface area contributed by atoms with Gasteiger partial charge in [0.15, 0.2) is 0 Å². The zero-order valence-electron chi connectivity index (χ0n) is 18.0. The number of esters is 1. The Morgan fingerprint density at radius 3 is 2.48 bits per heavy atom. The molecule has 0 aliphatic heterocycles. The maximum absolute atomic E-state index is 12.9. The van der Waals surface area contributed by atoms with Crippen molar-refractivity contribution in [2.45, 2.75) is 40.2 Å². The molecule has 7 heteroatoms. The summed E-state index contributed by atoms with van der Waals surface area (Å²) < 4.78 is 7.35. The number of phenolic OH excluding ortho intramolecular Hbond substituents is 1. The molecule has 0 amide bonds. The number of nitrogens with zero attached hydrogens (tertiary/aromatic N) is 1. The van der Waals surface area contributed by atoms with Crippen LogP contribution in [-0.2, 0) is 16.1 Å². The number of benzene rings is 2. The molecule has 2 N–H and O–H groups in total. The SMILES string of the molecule is CCOC(=O)c1c(C)n(CC(C)C)c2cccc(C(C(=O)O)c3cc(O)cc(Cl)c3)c12. The van der Waals surface area contributed by atoms with Crippen LogP contribution in [0.5, 0.6) is 5.75 Å². The van der Waals surface area contributed by atoms with E-state index in [0.29, 0.717) is 34.5 Å². The van der Waals surface area contributed by atoms with Gasteiger partial charge in [-0.1, -0.05) is 37.6 Å². The maximum Gasteiger partial charge on any atom is 0.340 e. The predicted octanol–water partition coefficient (Wildman–Crippen LogP) is 5.36. The minimum Gasteiger partial charge on any atom is -0.508 e. The first-order valence-electron chi connectivity index (χ1n) is 10.2. The van der Waals surface area contributed by atoms with Crippen molar-refractivity contribution in [1.29, 1.82) is 0 Å². The lowest BCUT2D eigenvalue weighted by molar-refractivity contribution is -0.137. The van der Waals surface area contributed by atoms with Gasteiger partial charge in [0, 0.05) is 28.2 Å². The number of ether oxygens (including phenoxy) is 1. The summed E-state index contributed by atoms with van der Waals surface area (Å²) in [6.45, 7) is 8.61. The van der Waals surface area contributed by atoms with Crippen LogP contribution >= 0.6 is 11.6 Å². The molecule has 31 heavy (non-hydrogen) atoms. The number of carboxylic acid groups (broad SMARTS) is 1. The van der Waals surface area contributed by atoms with E-state index in [-0.39, 0.29) is 17.4 Å². The summed E-state index contributed by atoms with van der Waals surface area (Å²) in [7, 11) is 0. The molecule has 0 saturated heterocycles. The van der Waals surface area contributed by atoms with Gasteiger partial charge >= 0.3 is 11.9 Å². The van der Waals surface area contributed by atoms with E-state index in [2.05, 4.69) is 13.8 Å². The fraction of sp³-hybridized carbons (Fsp3) is 0.333. The van der Waals surface area contributed by atoms with E-state index >= 15 is 0 Å². The predicted molar refractivity (Wildman–Crippen MR) is 120 cm³/mol. The molecule has 0 aliphatic rings. The molecule has 1 aromatic heterocycles. The fourth-order valence-electron chi connectivity index (χ4n) is 4.06. The van der Waals surface area contributed by atoms with Crippen molar-refractivity contribution in [1.82, 2.24) is 4.57 Å². The van der Waals surface area contributed by atoms with Crippen molar-refractivity contribution in [3.05, 3.63) is 63.8 Å². The van der Waals surface area contributed by atoms with Gasteiger partial charge in [-0.3, -0.25) is 4.79 Å². The van der Waals surface area contributed by atoms with Crippen LogP contribution in [0.3, 0.4) is 0 Å². The van der Waals surface area contributed by atoms with Crippen molar-refractivity contribution in [3.8, 4) is 5.75 Å². The molecule has 1 atom stereocenters. The first-order valence-corrected chi connectivity index (χ1v) is 10.5. The van der Waals surface area contributed by atoms with Crippen LogP contribution in [0.2, 0.25) is 5.02 Å². The highest BCUT2D eigenvalue weighted by Crippen LogP contribution is 2.38. The van der Waals surface area contributed by atoms with E-state index in [0.717, 1.165) is 11.2 Å². The van der Waals surface area contributed by atoms with Crippen LogP contribution < -0.4 is 0 Å². The molecule has 0 radical (unpaired) electrons. The number of carboxylic acids is 1. The van der Waals surface area contributed by atoms with Crippen LogP contribution in [-0.4, -0.2) is 33.3 Å².